The molecule has 22 heavy (non-hydrogen) atoms. The fourth-order valence-electron chi connectivity index (χ4n) is 3.07. The molecule has 7 nitrogen and oxygen atoms in total. The van der Waals surface area contributed by atoms with Crippen LogP contribution in [0.1, 0.15) is 20.8 Å². The standard InChI is InChI=1S/C14H26N2O5S/c1-14(2,3)21-13(17)16-9-11-7-15(8-12(11)10-16)5-6-20-22(4,18)19/h11-12H,5-10H2,1-4H3. The highest BCUT2D eigenvalue weighted by Crippen LogP contribution is 2.31. The number of ether oxygens (including phenoxy) is 1. The highest BCUT2D eigenvalue weighted by molar-refractivity contribution is 7.85. The lowest BCUT2D eigenvalue weighted by atomic mass is 10.0. The summed E-state index contributed by atoms with van der Waals surface area (Å²) in [7, 11) is -3.37. The van der Waals surface area contributed by atoms with Gasteiger partial charge in [0.15, 0.2) is 0 Å². The molecule has 0 aliphatic carbocycles. The van der Waals surface area contributed by atoms with Crippen molar-refractivity contribution in [3.63, 3.8) is 0 Å². The van der Waals surface area contributed by atoms with Gasteiger partial charge in [-0.05, 0) is 32.6 Å². The summed E-state index contributed by atoms with van der Waals surface area (Å²) < 4.78 is 32.0. The first-order chi connectivity index (χ1) is 10.0. The second kappa shape index (κ2) is 6.33. The fraction of sp³-hybridized carbons (Fsp3) is 0.929. The molecule has 2 atom stereocenters. The van der Waals surface area contributed by atoms with E-state index >= 15 is 0 Å². The molecule has 0 radical (unpaired) electrons. The summed E-state index contributed by atoms with van der Waals surface area (Å²) in [5.74, 6) is 0.872. The minimum absolute atomic E-state index is 0.189. The van der Waals surface area contributed by atoms with Gasteiger partial charge in [0, 0.05) is 32.7 Å². The number of carbonyl (C=O) groups is 1. The van der Waals surface area contributed by atoms with Gasteiger partial charge in [-0.1, -0.05) is 0 Å². The number of carbonyl (C=O) groups excluding carboxylic acids is 1. The average molecular weight is 334 g/mol. The Balaban J connectivity index is 1.75. The van der Waals surface area contributed by atoms with E-state index < -0.39 is 15.7 Å². The van der Waals surface area contributed by atoms with Crippen LogP contribution >= 0.6 is 0 Å². The van der Waals surface area contributed by atoms with Crippen molar-refractivity contribution in [2.45, 2.75) is 26.4 Å². The zero-order chi connectivity index (χ0) is 16.5. The Kier molecular flexibility index (Phi) is 5.03. The smallest absolute Gasteiger partial charge is 0.410 e. The number of likely N-dealkylation sites (tertiary alicyclic amines) is 2. The number of hydrogen-bond acceptors (Lipinski definition) is 6. The zero-order valence-corrected chi connectivity index (χ0v) is 14.6. The van der Waals surface area contributed by atoms with Crippen molar-refractivity contribution >= 4 is 16.2 Å². The largest absolute Gasteiger partial charge is 0.444 e. The molecular formula is C14H26N2O5S. The minimum Gasteiger partial charge on any atom is -0.444 e. The topological polar surface area (TPSA) is 76.2 Å². The maximum absolute atomic E-state index is 12.1. The second-order valence-corrected chi connectivity index (χ2v) is 8.84. The van der Waals surface area contributed by atoms with Gasteiger partial charge in [-0.25, -0.2) is 4.79 Å². The molecular weight excluding hydrogens is 308 g/mol. The van der Waals surface area contributed by atoms with Gasteiger partial charge in [0.2, 0.25) is 0 Å². The van der Waals surface area contributed by atoms with Gasteiger partial charge in [0.1, 0.15) is 5.60 Å². The third kappa shape index (κ3) is 5.10. The van der Waals surface area contributed by atoms with Crippen LogP contribution in [0.3, 0.4) is 0 Å². The second-order valence-electron chi connectivity index (χ2n) is 7.19. The Morgan fingerprint density at radius 1 is 1.14 bits per heavy atom. The quantitative estimate of drug-likeness (QED) is 0.707. The van der Waals surface area contributed by atoms with Crippen LogP contribution in [0.5, 0.6) is 0 Å². The predicted octanol–water partition coefficient (Wildman–Crippen LogP) is 0.761. The van der Waals surface area contributed by atoms with Crippen LogP contribution in [-0.4, -0.2) is 75.5 Å². The fourth-order valence-corrected chi connectivity index (χ4v) is 3.44. The van der Waals surface area contributed by atoms with E-state index in [-0.39, 0.29) is 12.7 Å². The maximum Gasteiger partial charge on any atom is 0.410 e. The summed E-state index contributed by atoms with van der Waals surface area (Å²) in [6, 6.07) is 0. The molecule has 0 aromatic heterocycles. The molecule has 0 bridgehead atoms. The molecule has 128 valence electrons. The first kappa shape index (κ1) is 17.5. The van der Waals surface area contributed by atoms with Crippen LogP contribution in [-0.2, 0) is 19.0 Å². The van der Waals surface area contributed by atoms with Crippen molar-refractivity contribution in [1.82, 2.24) is 9.80 Å². The molecule has 2 heterocycles. The van der Waals surface area contributed by atoms with Crippen molar-refractivity contribution in [2.75, 3.05) is 45.6 Å². The Morgan fingerprint density at radius 2 is 1.68 bits per heavy atom. The Bertz CT molecular complexity index is 500. The van der Waals surface area contributed by atoms with E-state index in [4.69, 9.17) is 8.92 Å². The van der Waals surface area contributed by atoms with Gasteiger partial charge in [0.05, 0.1) is 12.9 Å². The van der Waals surface area contributed by atoms with Gasteiger partial charge >= 0.3 is 6.09 Å². The monoisotopic (exact) mass is 334 g/mol. The van der Waals surface area contributed by atoms with Gasteiger partial charge in [-0.2, -0.15) is 8.42 Å². The van der Waals surface area contributed by atoms with Crippen LogP contribution < -0.4 is 0 Å². The summed E-state index contributed by atoms with van der Waals surface area (Å²) in [5, 5.41) is 0. The number of fused-ring (bicyclic) bond motifs is 1. The number of hydrogen-bond donors (Lipinski definition) is 0. The highest BCUT2D eigenvalue weighted by Gasteiger charge is 2.42. The average Bonchev–Trinajstić information content (AvgIpc) is 2.82. The molecule has 2 unspecified atom stereocenters. The Hall–Kier alpha value is -0.860. The number of rotatable bonds is 4. The summed E-state index contributed by atoms with van der Waals surface area (Å²) in [4.78, 5) is 16.0. The lowest BCUT2D eigenvalue weighted by Gasteiger charge is -2.26. The van der Waals surface area contributed by atoms with E-state index in [1.165, 1.54) is 0 Å². The number of nitrogens with zero attached hydrogens (tertiary/aromatic N) is 2. The molecule has 2 saturated heterocycles. The van der Waals surface area contributed by atoms with Crippen LogP contribution in [0.4, 0.5) is 4.79 Å². The molecule has 2 fully saturated rings. The van der Waals surface area contributed by atoms with Crippen molar-refractivity contribution in [3.05, 3.63) is 0 Å². The summed E-state index contributed by atoms with van der Waals surface area (Å²) in [6.45, 7) is 9.56. The first-order valence-corrected chi connectivity index (χ1v) is 9.40. The summed E-state index contributed by atoms with van der Waals surface area (Å²) >= 11 is 0. The van der Waals surface area contributed by atoms with E-state index in [0.29, 0.717) is 31.5 Å². The molecule has 8 heteroatoms. The van der Waals surface area contributed by atoms with Crippen molar-refractivity contribution in [3.8, 4) is 0 Å². The third-order valence-corrected chi connectivity index (χ3v) is 4.51. The minimum atomic E-state index is -3.37. The molecule has 0 saturated carbocycles. The van der Waals surface area contributed by atoms with E-state index in [2.05, 4.69) is 4.90 Å². The van der Waals surface area contributed by atoms with Crippen molar-refractivity contribution in [1.29, 1.82) is 0 Å². The SMILES string of the molecule is CC(C)(C)OC(=O)N1CC2CN(CCOS(C)(=O)=O)CC2C1. The van der Waals surface area contributed by atoms with Gasteiger partial charge in [0.25, 0.3) is 10.1 Å². The van der Waals surface area contributed by atoms with E-state index in [9.17, 15) is 13.2 Å². The van der Waals surface area contributed by atoms with Crippen molar-refractivity contribution in [2.24, 2.45) is 11.8 Å². The molecule has 0 spiro atoms. The number of amides is 1. The molecule has 2 aliphatic rings. The normalized spacial score (nSPS) is 26.3. The summed E-state index contributed by atoms with van der Waals surface area (Å²) in [5.41, 5.74) is -0.468. The predicted molar refractivity (Wildman–Crippen MR) is 82.0 cm³/mol. The lowest BCUT2D eigenvalue weighted by molar-refractivity contribution is 0.0273. The zero-order valence-electron chi connectivity index (χ0n) is 13.7. The van der Waals surface area contributed by atoms with E-state index in [0.717, 1.165) is 19.3 Å². The van der Waals surface area contributed by atoms with Gasteiger partial charge < -0.3 is 14.5 Å². The molecule has 0 aromatic rings. The lowest BCUT2D eigenvalue weighted by Crippen LogP contribution is -2.38. The molecule has 0 N–H and O–H groups in total. The third-order valence-electron chi connectivity index (χ3n) is 3.92. The van der Waals surface area contributed by atoms with E-state index in [1.54, 1.807) is 4.90 Å². The van der Waals surface area contributed by atoms with Gasteiger partial charge in [-0.15, -0.1) is 0 Å². The van der Waals surface area contributed by atoms with Crippen LogP contribution in [0.2, 0.25) is 0 Å². The highest BCUT2D eigenvalue weighted by atomic mass is 32.2. The van der Waals surface area contributed by atoms with Gasteiger partial charge in [-0.3, -0.25) is 4.18 Å². The Labute approximate surface area is 132 Å². The molecule has 2 rings (SSSR count). The molecule has 1 amide bonds. The molecule has 2 aliphatic heterocycles. The molecule has 0 aromatic carbocycles. The Morgan fingerprint density at radius 3 is 2.14 bits per heavy atom. The summed E-state index contributed by atoms with van der Waals surface area (Å²) in [6.07, 6.45) is 0.818. The van der Waals surface area contributed by atoms with Crippen LogP contribution in [0.15, 0.2) is 0 Å². The van der Waals surface area contributed by atoms with Crippen LogP contribution in [0, 0.1) is 11.8 Å². The van der Waals surface area contributed by atoms with Crippen LogP contribution in [0.25, 0.3) is 0 Å². The van der Waals surface area contributed by atoms with Crippen molar-refractivity contribution < 1.29 is 22.1 Å². The first-order valence-electron chi connectivity index (χ1n) is 7.58. The van der Waals surface area contributed by atoms with E-state index in [1.807, 2.05) is 20.8 Å². The maximum atomic E-state index is 12.1.